The summed E-state index contributed by atoms with van der Waals surface area (Å²) < 4.78 is 5.50. The molecule has 0 amide bonds. The molecule has 4 nitrogen and oxygen atoms in total. The third-order valence-electron chi connectivity index (χ3n) is 1.97. The van der Waals surface area contributed by atoms with Crippen LogP contribution in [0.1, 0.15) is 26.0 Å². The number of nitrogens with zero attached hydrogens (tertiary/aromatic N) is 2. The number of ether oxygens (including phenoxy) is 1. The largest absolute Gasteiger partial charge is 0.477 e. The van der Waals surface area contributed by atoms with E-state index in [2.05, 4.69) is 29.1 Å². The second-order valence-corrected chi connectivity index (χ2v) is 3.91. The Kier molecular flexibility index (Phi) is 5.04. The Balaban J connectivity index is 2.43. The number of hydrogen-bond acceptors (Lipinski definition) is 4. The van der Waals surface area contributed by atoms with E-state index in [-0.39, 0.29) is 0 Å². The van der Waals surface area contributed by atoms with E-state index in [9.17, 15) is 0 Å². The molecule has 0 aliphatic rings. The third kappa shape index (κ3) is 4.74. The van der Waals surface area contributed by atoms with E-state index in [1.807, 2.05) is 7.05 Å². The van der Waals surface area contributed by atoms with Crippen molar-refractivity contribution >= 4 is 0 Å². The van der Waals surface area contributed by atoms with E-state index in [0.29, 0.717) is 24.9 Å². The molecule has 0 radical (unpaired) electrons. The van der Waals surface area contributed by atoms with Crippen LogP contribution >= 0.6 is 0 Å². The molecule has 0 atom stereocenters. The van der Waals surface area contributed by atoms with E-state index < -0.39 is 0 Å². The zero-order valence-electron chi connectivity index (χ0n) is 9.66. The van der Waals surface area contributed by atoms with Crippen molar-refractivity contribution in [2.45, 2.75) is 26.8 Å². The fourth-order valence-electron chi connectivity index (χ4n) is 1.12. The van der Waals surface area contributed by atoms with Crippen molar-refractivity contribution in [3.8, 4) is 5.88 Å². The Hall–Kier alpha value is -1.16. The molecule has 0 aliphatic heterocycles. The van der Waals surface area contributed by atoms with Crippen LogP contribution in [0, 0.1) is 5.92 Å². The highest BCUT2D eigenvalue weighted by Gasteiger charge is 2.00. The second kappa shape index (κ2) is 6.35. The van der Waals surface area contributed by atoms with E-state index in [0.717, 1.165) is 12.1 Å². The molecule has 0 spiro atoms. The van der Waals surface area contributed by atoms with E-state index >= 15 is 0 Å². The van der Waals surface area contributed by atoms with Crippen molar-refractivity contribution in [2.24, 2.45) is 5.92 Å². The number of nitrogens with one attached hydrogen (secondary N) is 1. The van der Waals surface area contributed by atoms with Gasteiger partial charge in [-0.2, -0.15) is 0 Å². The first-order chi connectivity index (χ1) is 7.22. The highest BCUT2D eigenvalue weighted by atomic mass is 16.5. The Morgan fingerprint density at radius 3 is 2.87 bits per heavy atom. The monoisotopic (exact) mass is 209 g/mol. The lowest BCUT2D eigenvalue weighted by molar-refractivity contribution is 0.277. The lowest BCUT2D eigenvalue weighted by Gasteiger charge is -2.07. The van der Waals surface area contributed by atoms with Gasteiger partial charge < -0.3 is 10.1 Å². The quantitative estimate of drug-likeness (QED) is 0.773. The zero-order valence-corrected chi connectivity index (χ0v) is 9.66. The second-order valence-electron chi connectivity index (χ2n) is 3.91. The summed E-state index contributed by atoms with van der Waals surface area (Å²) in [7, 11) is 1.88. The smallest absolute Gasteiger partial charge is 0.232 e. The predicted molar refractivity (Wildman–Crippen MR) is 59.7 cm³/mol. The number of rotatable bonds is 6. The van der Waals surface area contributed by atoms with Gasteiger partial charge in [0.2, 0.25) is 5.88 Å². The lowest BCUT2D eigenvalue weighted by Crippen LogP contribution is -2.09. The summed E-state index contributed by atoms with van der Waals surface area (Å²) in [6, 6.07) is 0. The fraction of sp³-hybridized carbons (Fsp3) is 0.636. The summed E-state index contributed by atoms with van der Waals surface area (Å²) >= 11 is 0. The average Bonchev–Trinajstić information content (AvgIpc) is 2.18. The van der Waals surface area contributed by atoms with Crippen LogP contribution in [-0.2, 0) is 6.54 Å². The molecule has 1 heterocycles. The molecule has 0 saturated heterocycles. The van der Waals surface area contributed by atoms with Crippen molar-refractivity contribution < 1.29 is 4.74 Å². The standard InChI is InChI=1S/C11H19N3O/c1-9(2)4-5-15-11-8-13-7-10(14-11)6-12-3/h7-9,12H,4-6H2,1-3H3. The Labute approximate surface area is 91.1 Å². The first-order valence-corrected chi connectivity index (χ1v) is 5.30. The normalized spacial score (nSPS) is 10.7. The molecular weight excluding hydrogens is 190 g/mol. The molecule has 1 aromatic rings. The van der Waals surface area contributed by atoms with Crippen LogP contribution in [-0.4, -0.2) is 23.6 Å². The highest BCUT2D eigenvalue weighted by Crippen LogP contribution is 2.07. The molecule has 4 heteroatoms. The summed E-state index contributed by atoms with van der Waals surface area (Å²) in [5, 5.41) is 3.03. The maximum Gasteiger partial charge on any atom is 0.232 e. The van der Waals surface area contributed by atoms with Crippen LogP contribution in [0.15, 0.2) is 12.4 Å². The SMILES string of the molecule is CNCc1cncc(OCCC(C)C)n1. The minimum absolute atomic E-state index is 0.614. The van der Waals surface area contributed by atoms with E-state index in [1.165, 1.54) is 0 Å². The van der Waals surface area contributed by atoms with Gasteiger partial charge in [-0.15, -0.1) is 0 Å². The van der Waals surface area contributed by atoms with Crippen LogP contribution in [0.5, 0.6) is 5.88 Å². The summed E-state index contributed by atoms with van der Waals surface area (Å²) in [5.41, 5.74) is 0.902. The van der Waals surface area contributed by atoms with Crippen LogP contribution in [0.2, 0.25) is 0 Å². The molecule has 1 N–H and O–H groups in total. The first kappa shape index (κ1) is 11.9. The maximum absolute atomic E-state index is 5.50. The van der Waals surface area contributed by atoms with Gasteiger partial charge in [0, 0.05) is 12.7 Å². The van der Waals surface area contributed by atoms with E-state index in [4.69, 9.17) is 4.74 Å². The van der Waals surface area contributed by atoms with Crippen molar-refractivity contribution in [1.29, 1.82) is 0 Å². The Bertz CT molecular complexity index is 289. The average molecular weight is 209 g/mol. The summed E-state index contributed by atoms with van der Waals surface area (Å²) in [4.78, 5) is 8.39. The molecule has 84 valence electrons. The number of aromatic nitrogens is 2. The van der Waals surface area contributed by atoms with Gasteiger partial charge in [-0.1, -0.05) is 13.8 Å². The van der Waals surface area contributed by atoms with Gasteiger partial charge in [0.05, 0.1) is 18.5 Å². The Morgan fingerprint density at radius 2 is 2.20 bits per heavy atom. The maximum atomic E-state index is 5.50. The van der Waals surface area contributed by atoms with Gasteiger partial charge in [0.25, 0.3) is 0 Å². The lowest BCUT2D eigenvalue weighted by atomic mass is 10.1. The van der Waals surface area contributed by atoms with E-state index in [1.54, 1.807) is 12.4 Å². The van der Waals surface area contributed by atoms with Crippen molar-refractivity contribution in [3.05, 3.63) is 18.1 Å². The van der Waals surface area contributed by atoms with Crippen molar-refractivity contribution in [2.75, 3.05) is 13.7 Å². The molecule has 0 aromatic carbocycles. The highest BCUT2D eigenvalue weighted by molar-refractivity contribution is 5.08. The summed E-state index contributed by atoms with van der Waals surface area (Å²) in [5.74, 6) is 1.27. The number of hydrogen-bond donors (Lipinski definition) is 1. The molecular formula is C11H19N3O. The molecule has 0 saturated carbocycles. The third-order valence-corrected chi connectivity index (χ3v) is 1.97. The van der Waals surface area contributed by atoms with Gasteiger partial charge in [0.15, 0.2) is 0 Å². The van der Waals surface area contributed by atoms with Gasteiger partial charge in [-0.25, -0.2) is 4.98 Å². The zero-order chi connectivity index (χ0) is 11.1. The molecule has 0 fully saturated rings. The fourth-order valence-corrected chi connectivity index (χ4v) is 1.12. The van der Waals surface area contributed by atoms with Crippen LogP contribution in [0.3, 0.4) is 0 Å². The molecule has 15 heavy (non-hydrogen) atoms. The molecule has 1 aromatic heterocycles. The molecule has 1 rings (SSSR count). The predicted octanol–water partition coefficient (Wildman–Crippen LogP) is 1.62. The van der Waals surface area contributed by atoms with Crippen LogP contribution in [0.25, 0.3) is 0 Å². The van der Waals surface area contributed by atoms with Crippen molar-refractivity contribution in [3.63, 3.8) is 0 Å². The minimum atomic E-state index is 0.614. The summed E-state index contributed by atoms with van der Waals surface area (Å²) in [6.45, 7) is 5.77. The van der Waals surface area contributed by atoms with Gasteiger partial charge in [-0.3, -0.25) is 4.98 Å². The molecule has 0 bridgehead atoms. The van der Waals surface area contributed by atoms with Gasteiger partial charge in [0.1, 0.15) is 0 Å². The van der Waals surface area contributed by atoms with Crippen LogP contribution < -0.4 is 10.1 Å². The minimum Gasteiger partial charge on any atom is -0.477 e. The van der Waals surface area contributed by atoms with Gasteiger partial charge in [-0.05, 0) is 19.4 Å². The van der Waals surface area contributed by atoms with Gasteiger partial charge >= 0.3 is 0 Å². The van der Waals surface area contributed by atoms with Crippen molar-refractivity contribution in [1.82, 2.24) is 15.3 Å². The molecule has 0 unspecified atom stereocenters. The Morgan fingerprint density at radius 1 is 1.40 bits per heavy atom. The van der Waals surface area contributed by atoms with Crippen LogP contribution in [0.4, 0.5) is 0 Å². The molecule has 0 aliphatic carbocycles. The topological polar surface area (TPSA) is 47.0 Å². The summed E-state index contributed by atoms with van der Waals surface area (Å²) in [6.07, 6.45) is 4.43. The first-order valence-electron chi connectivity index (χ1n) is 5.30.